The van der Waals surface area contributed by atoms with Gasteiger partial charge in [-0.15, -0.1) is 6.58 Å². The molecule has 0 amide bonds. The zero-order chi connectivity index (χ0) is 15.0. The van der Waals surface area contributed by atoms with E-state index in [9.17, 15) is 4.39 Å². The first-order valence-electron chi connectivity index (χ1n) is 7.45. The van der Waals surface area contributed by atoms with Crippen molar-refractivity contribution in [3.63, 3.8) is 0 Å². The fourth-order valence-electron chi connectivity index (χ4n) is 2.28. The van der Waals surface area contributed by atoms with Crippen molar-refractivity contribution < 1.29 is 4.39 Å². The van der Waals surface area contributed by atoms with E-state index in [1.54, 1.807) is 6.07 Å². The molecule has 0 aromatic heterocycles. The van der Waals surface area contributed by atoms with Gasteiger partial charge in [0.05, 0.1) is 0 Å². The molecular formula is C17H27FN2. The van der Waals surface area contributed by atoms with Crippen LogP contribution >= 0.6 is 0 Å². The molecule has 0 saturated carbocycles. The predicted octanol–water partition coefficient (Wildman–Crippen LogP) is 4.29. The second kappa shape index (κ2) is 8.75. The molecule has 1 atom stereocenters. The topological polar surface area (TPSA) is 15.3 Å². The Hall–Kier alpha value is -1.35. The molecule has 112 valence electrons. The third-order valence-electron chi connectivity index (χ3n) is 3.47. The van der Waals surface area contributed by atoms with Crippen LogP contribution < -0.4 is 10.2 Å². The molecule has 0 aliphatic heterocycles. The maximum Gasteiger partial charge on any atom is 0.123 e. The third-order valence-corrected chi connectivity index (χ3v) is 3.47. The smallest absolute Gasteiger partial charge is 0.123 e. The van der Waals surface area contributed by atoms with Gasteiger partial charge in [0.2, 0.25) is 0 Å². The van der Waals surface area contributed by atoms with Crippen LogP contribution in [0.3, 0.4) is 0 Å². The van der Waals surface area contributed by atoms with Crippen molar-refractivity contribution in [2.45, 2.75) is 39.2 Å². The van der Waals surface area contributed by atoms with Crippen LogP contribution in [0.5, 0.6) is 0 Å². The van der Waals surface area contributed by atoms with Gasteiger partial charge >= 0.3 is 0 Å². The fraction of sp³-hybridized carbons (Fsp3) is 0.529. The number of hydrogen-bond acceptors (Lipinski definition) is 2. The molecule has 0 aliphatic rings. The molecule has 2 nitrogen and oxygen atoms in total. The van der Waals surface area contributed by atoms with E-state index < -0.39 is 0 Å². The van der Waals surface area contributed by atoms with Crippen molar-refractivity contribution in [3.05, 3.63) is 42.2 Å². The summed E-state index contributed by atoms with van der Waals surface area (Å²) in [5.41, 5.74) is 2.13. The third kappa shape index (κ3) is 4.97. The van der Waals surface area contributed by atoms with Gasteiger partial charge in [0.25, 0.3) is 0 Å². The van der Waals surface area contributed by atoms with Gasteiger partial charge in [-0.05, 0) is 56.5 Å². The molecule has 1 unspecified atom stereocenters. The Bertz CT molecular complexity index is 417. The standard InChI is InChI=1S/C17H27FN2/c1-5-7-8-12-20(4)17-10-9-15(18)13-16(17)14(3)19-11-6-2/h5,9-10,13-14,19H,1,6-8,11-12H2,2-4H3. The molecule has 1 aromatic carbocycles. The lowest BCUT2D eigenvalue weighted by molar-refractivity contribution is 0.561. The molecule has 0 bridgehead atoms. The van der Waals surface area contributed by atoms with E-state index >= 15 is 0 Å². The molecule has 0 heterocycles. The first-order chi connectivity index (χ1) is 9.60. The monoisotopic (exact) mass is 278 g/mol. The molecule has 0 radical (unpaired) electrons. The number of allylic oxidation sites excluding steroid dienone is 1. The van der Waals surface area contributed by atoms with E-state index in [0.29, 0.717) is 0 Å². The fourth-order valence-corrected chi connectivity index (χ4v) is 2.28. The molecular weight excluding hydrogens is 251 g/mol. The lowest BCUT2D eigenvalue weighted by Crippen LogP contribution is -2.25. The van der Waals surface area contributed by atoms with Gasteiger partial charge in [-0.2, -0.15) is 0 Å². The van der Waals surface area contributed by atoms with Gasteiger partial charge in [-0.1, -0.05) is 13.0 Å². The summed E-state index contributed by atoms with van der Waals surface area (Å²) in [5, 5.41) is 3.43. The van der Waals surface area contributed by atoms with Crippen LogP contribution in [0, 0.1) is 5.82 Å². The summed E-state index contributed by atoms with van der Waals surface area (Å²) in [5.74, 6) is -0.173. The molecule has 1 rings (SSSR count). The number of benzene rings is 1. The number of hydrogen-bond donors (Lipinski definition) is 1. The minimum absolute atomic E-state index is 0.155. The van der Waals surface area contributed by atoms with Crippen molar-refractivity contribution in [2.24, 2.45) is 0 Å². The largest absolute Gasteiger partial charge is 0.374 e. The van der Waals surface area contributed by atoms with E-state index in [2.05, 4.69) is 37.7 Å². The Morgan fingerprint density at radius 3 is 2.85 bits per heavy atom. The summed E-state index contributed by atoms with van der Waals surface area (Å²) in [7, 11) is 2.06. The summed E-state index contributed by atoms with van der Waals surface area (Å²) >= 11 is 0. The Morgan fingerprint density at radius 2 is 2.20 bits per heavy atom. The minimum Gasteiger partial charge on any atom is -0.374 e. The van der Waals surface area contributed by atoms with E-state index in [-0.39, 0.29) is 11.9 Å². The SMILES string of the molecule is C=CCCCN(C)c1ccc(F)cc1C(C)NCCC. The van der Waals surface area contributed by atoms with E-state index in [0.717, 1.165) is 43.6 Å². The molecule has 1 N–H and O–H groups in total. The highest BCUT2D eigenvalue weighted by molar-refractivity contribution is 5.54. The summed E-state index contributed by atoms with van der Waals surface area (Å²) in [6, 6.07) is 5.22. The Balaban J connectivity index is 2.85. The first kappa shape index (κ1) is 16.7. The normalized spacial score (nSPS) is 12.2. The maximum absolute atomic E-state index is 13.5. The number of halogens is 1. The molecule has 20 heavy (non-hydrogen) atoms. The van der Waals surface area contributed by atoms with E-state index in [1.807, 2.05) is 12.1 Å². The van der Waals surface area contributed by atoms with Crippen LogP contribution in [-0.2, 0) is 0 Å². The lowest BCUT2D eigenvalue weighted by Gasteiger charge is -2.25. The number of nitrogens with one attached hydrogen (secondary N) is 1. The molecule has 3 heteroatoms. The van der Waals surface area contributed by atoms with Crippen LogP contribution in [0.15, 0.2) is 30.9 Å². The van der Waals surface area contributed by atoms with Gasteiger partial charge in [0.15, 0.2) is 0 Å². The van der Waals surface area contributed by atoms with Crippen molar-refractivity contribution in [1.82, 2.24) is 5.32 Å². The average molecular weight is 278 g/mol. The van der Waals surface area contributed by atoms with Crippen LogP contribution in [0.1, 0.15) is 44.7 Å². The van der Waals surface area contributed by atoms with Crippen molar-refractivity contribution in [3.8, 4) is 0 Å². The highest BCUT2D eigenvalue weighted by atomic mass is 19.1. The minimum atomic E-state index is -0.173. The second-order valence-electron chi connectivity index (χ2n) is 5.23. The zero-order valence-corrected chi connectivity index (χ0v) is 13.0. The number of unbranched alkanes of at least 4 members (excludes halogenated alkanes) is 1. The van der Waals surface area contributed by atoms with Gasteiger partial charge in [0.1, 0.15) is 5.82 Å². The predicted molar refractivity (Wildman–Crippen MR) is 85.8 cm³/mol. The van der Waals surface area contributed by atoms with Crippen LogP contribution in [0.25, 0.3) is 0 Å². The van der Waals surface area contributed by atoms with Crippen LogP contribution in [0.2, 0.25) is 0 Å². The van der Waals surface area contributed by atoms with Gasteiger partial charge in [0, 0.05) is 25.3 Å². The summed E-state index contributed by atoms with van der Waals surface area (Å²) < 4.78 is 13.5. The van der Waals surface area contributed by atoms with Crippen molar-refractivity contribution in [2.75, 3.05) is 25.0 Å². The molecule has 0 fully saturated rings. The lowest BCUT2D eigenvalue weighted by atomic mass is 10.0. The molecule has 1 aromatic rings. The van der Waals surface area contributed by atoms with Crippen LogP contribution in [-0.4, -0.2) is 20.1 Å². The summed E-state index contributed by atoms with van der Waals surface area (Å²) in [6.07, 6.45) is 5.08. The van der Waals surface area contributed by atoms with Gasteiger partial charge in [-0.25, -0.2) is 4.39 Å². The van der Waals surface area contributed by atoms with E-state index in [4.69, 9.17) is 0 Å². The van der Waals surface area contributed by atoms with Gasteiger partial charge < -0.3 is 10.2 Å². The first-order valence-corrected chi connectivity index (χ1v) is 7.45. The maximum atomic E-state index is 13.5. The second-order valence-corrected chi connectivity index (χ2v) is 5.23. The number of nitrogens with zero attached hydrogens (tertiary/aromatic N) is 1. The zero-order valence-electron chi connectivity index (χ0n) is 13.0. The van der Waals surface area contributed by atoms with E-state index in [1.165, 1.54) is 6.07 Å². The van der Waals surface area contributed by atoms with Crippen LogP contribution in [0.4, 0.5) is 10.1 Å². The molecule has 0 aliphatic carbocycles. The molecule has 0 spiro atoms. The number of rotatable bonds is 9. The Kier molecular flexibility index (Phi) is 7.31. The Morgan fingerprint density at radius 1 is 1.45 bits per heavy atom. The molecule has 0 saturated heterocycles. The quantitative estimate of drug-likeness (QED) is 0.535. The highest BCUT2D eigenvalue weighted by Crippen LogP contribution is 2.27. The summed E-state index contributed by atoms with van der Waals surface area (Å²) in [6.45, 7) is 9.86. The highest BCUT2D eigenvalue weighted by Gasteiger charge is 2.14. The van der Waals surface area contributed by atoms with Gasteiger partial charge in [-0.3, -0.25) is 0 Å². The Labute approximate surface area is 122 Å². The summed E-state index contributed by atoms with van der Waals surface area (Å²) in [4.78, 5) is 2.20. The number of anilines is 1. The van der Waals surface area contributed by atoms with Crippen molar-refractivity contribution in [1.29, 1.82) is 0 Å². The average Bonchev–Trinajstić information content (AvgIpc) is 2.44. The van der Waals surface area contributed by atoms with Crippen molar-refractivity contribution >= 4 is 5.69 Å².